The van der Waals surface area contributed by atoms with Crippen molar-refractivity contribution in [2.75, 3.05) is 29.7 Å². The number of hydrogen-bond acceptors (Lipinski definition) is 6. The number of hydrogen-bond donors (Lipinski definition) is 2. The molecule has 0 aliphatic carbocycles. The average molecular weight is 475 g/mol. The van der Waals surface area contributed by atoms with Crippen molar-refractivity contribution >= 4 is 32.2 Å². The maximum Gasteiger partial charge on any atom is 0.418 e. The van der Waals surface area contributed by atoms with Crippen LogP contribution < -0.4 is 10.0 Å². The molecule has 0 bridgehead atoms. The number of fused-ring (bicyclic) bond motifs is 1. The first-order valence-electron chi connectivity index (χ1n) is 10.0. The Kier molecular flexibility index (Phi) is 5.50. The molecule has 0 radical (unpaired) electrons. The van der Waals surface area contributed by atoms with Crippen LogP contribution in [0.3, 0.4) is 0 Å². The fraction of sp³-hybridized carbons (Fsp3) is 0.550. The van der Waals surface area contributed by atoms with Gasteiger partial charge in [-0.05, 0) is 49.4 Å². The number of anilines is 2. The Morgan fingerprint density at radius 3 is 2.74 bits per heavy atom. The highest BCUT2D eigenvalue weighted by molar-refractivity contribution is 7.93. The number of sulfonamides is 1. The number of rotatable bonds is 6. The van der Waals surface area contributed by atoms with Crippen molar-refractivity contribution < 1.29 is 21.6 Å². The summed E-state index contributed by atoms with van der Waals surface area (Å²) >= 11 is 1.05. The van der Waals surface area contributed by atoms with Crippen molar-refractivity contribution in [1.29, 1.82) is 0 Å². The predicted molar refractivity (Wildman–Crippen MR) is 115 cm³/mol. The first-order valence-corrected chi connectivity index (χ1v) is 12.4. The van der Waals surface area contributed by atoms with E-state index in [1.54, 1.807) is 5.38 Å². The van der Waals surface area contributed by atoms with Crippen LogP contribution in [-0.2, 0) is 16.2 Å². The molecule has 2 aliphatic rings. The molecule has 2 aliphatic heterocycles. The third-order valence-electron chi connectivity index (χ3n) is 6.04. The van der Waals surface area contributed by atoms with Gasteiger partial charge in [-0.2, -0.15) is 13.2 Å². The topological polar surface area (TPSA) is 74.3 Å². The van der Waals surface area contributed by atoms with Gasteiger partial charge in [0.25, 0.3) is 10.0 Å². The van der Waals surface area contributed by atoms with Gasteiger partial charge in [-0.3, -0.25) is 9.62 Å². The Balaban J connectivity index is 1.60. The molecular formula is C20H25F3N4O2S2. The van der Waals surface area contributed by atoms with Crippen molar-refractivity contribution in [1.82, 2.24) is 9.88 Å². The lowest BCUT2D eigenvalue weighted by Crippen LogP contribution is -2.44. The van der Waals surface area contributed by atoms with E-state index >= 15 is 0 Å². The van der Waals surface area contributed by atoms with Gasteiger partial charge in [0, 0.05) is 35.9 Å². The van der Waals surface area contributed by atoms with Crippen molar-refractivity contribution in [3.8, 4) is 0 Å². The van der Waals surface area contributed by atoms with Gasteiger partial charge in [-0.25, -0.2) is 13.4 Å². The number of nitrogens with zero attached hydrogens (tertiary/aromatic N) is 2. The first-order chi connectivity index (χ1) is 14.4. The van der Waals surface area contributed by atoms with Gasteiger partial charge in [0.05, 0.1) is 10.5 Å². The molecule has 31 heavy (non-hydrogen) atoms. The van der Waals surface area contributed by atoms with Gasteiger partial charge in [0.1, 0.15) is 0 Å². The van der Waals surface area contributed by atoms with Crippen molar-refractivity contribution in [2.45, 2.75) is 49.7 Å². The fourth-order valence-electron chi connectivity index (χ4n) is 4.95. The van der Waals surface area contributed by atoms with E-state index in [9.17, 15) is 21.6 Å². The van der Waals surface area contributed by atoms with Gasteiger partial charge in [-0.15, -0.1) is 11.3 Å². The van der Waals surface area contributed by atoms with Gasteiger partial charge in [-0.1, -0.05) is 13.8 Å². The Hall–Kier alpha value is -1.85. The number of alkyl halides is 3. The van der Waals surface area contributed by atoms with E-state index in [1.165, 1.54) is 18.3 Å². The zero-order valence-corrected chi connectivity index (χ0v) is 18.9. The van der Waals surface area contributed by atoms with E-state index in [0.29, 0.717) is 12.6 Å². The number of aromatic nitrogens is 1. The Labute approximate surface area is 183 Å². The second kappa shape index (κ2) is 7.63. The normalized spacial score (nSPS) is 23.6. The van der Waals surface area contributed by atoms with E-state index in [4.69, 9.17) is 0 Å². The average Bonchev–Trinajstić information content (AvgIpc) is 3.33. The van der Waals surface area contributed by atoms with Crippen molar-refractivity contribution in [3.63, 3.8) is 0 Å². The lowest BCUT2D eigenvalue weighted by atomic mass is 9.82. The molecule has 2 saturated heterocycles. The van der Waals surface area contributed by atoms with Crippen LogP contribution in [0.1, 0.15) is 38.7 Å². The highest BCUT2D eigenvalue weighted by atomic mass is 32.2. The summed E-state index contributed by atoms with van der Waals surface area (Å²) in [5.41, 5.74) is -1.14. The standard InChI is InChI=1S/C20H25F3N4O2S2/c1-18(2)11-19(6-3-8-27(19)13-18)12-25-16-5-4-14(10-15(16)20(21,22)23)31(28,29)26-17-24-7-9-30-17/h4-5,7,9-10,25H,3,6,8,11-13H2,1-2H3,(H,24,26)/t19-/m1/s1. The van der Waals surface area contributed by atoms with E-state index < -0.39 is 26.7 Å². The molecule has 0 unspecified atom stereocenters. The number of thiazole rings is 1. The molecule has 1 aromatic carbocycles. The summed E-state index contributed by atoms with van der Waals surface area (Å²) in [6.07, 6.45) is -0.402. The van der Waals surface area contributed by atoms with E-state index in [1.807, 2.05) is 0 Å². The first kappa shape index (κ1) is 22.3. The van der Waals surface area contributed by atoms with Crippen LogP contribution in [0.15, 0.2) is 34.7 Å². The van der Waals surface area contributed by atoms with Crippen LogP contribution in [0, 0.1) is 5.41 Å². The zero-order chi connectivity index (χ0) is 22.5. The molecular weight excluding hydrogens is 449 g/mol. The molecule has 0 amide bonds. The highest BCUT2D eigenvalue weighted by Gasteiger charge is 2.51. The maximum atomic E-state index is 13.8. The van der Waals surface area contributed by atoms with E-state index in [-0.39, 0.29) is 21.8 Å². The van der Waals surface area contributed by atoms with Crippen LogP contribution >= 0.6 is 11.3 Å². The molecule has 3 heterocycles. The summed E-state index contributed by atoms with van der Waals surface area (Å²) in [4.78, 5) is 5.74. The Morgan fingerprint density at radius 1 is 1.29 bits per heavy atom. The second-order valence-corrected chi connectivity index (χ2v) is 11.7. The summed E-state index contributed by atoms with van der Waals surface area (Å²) in [6, 6.07) is 3.08. The molecule has 1 aromatic heterocycles. The molecule has 2 aromatic rings. The van der Waals surface area contributed by atoms with Gasteiger partial charge >= 0.3 is 6.18 Å². The van der Waals surface area contributed by atoms with Crippen LogP contribution in [0.2, 0.25) is 0 Å². The lowest BCUT2D eigenvalue weighted by Gasteiger charge is -2.33. The Bertz CT molecular complexity index is 1050. The molecule has 6 nitrogen and oxygen atoms in total. The third-order valence-corrected chi connectivity index (χ3v) is 8.19. The summed E-state index contributed by atoms with van der Waals surface area (Å²) in [5, 5.41) is 4.67. The number of benzene rings is 1. The molecule has 11 heteroatoms. The van der Waals surface area contributed by atoms with Gasteiger partial charge in [0.2, 0.25) is 0 Å². The molecule has 2 N–H and O–H groups in total. The second-order valence-electron chi connectivity index (χ2n) is 9.09. The smallest absolute Gasteiger partial charge is 0.383 e. The third kappa shape index (κ3) is 4.54. The van der Waals surface area contributed by atoms with Gasteiger partial charge in [0.15, 0.2) is 5.13 Å². The fourth-order valence-corrected chi connectivity index (χ4v) is 6.77. The summed E-state index contributed by atoms with van der Waals surface area (Å²) in [6.45, 7) is 6.65. The summed E-state index contributed by atoms with van der Waals surface area (Å²) < 4.78 is 68.7. The SMILES string of the molecule is CC1(C)CN2CCC[C@]2(CNc2ccc(S(=O)(=O)Nc3nccs3)cc2C(F)(F)F)C1. The highest BCUT2D eigenvalue weighted by Crippen LogP contribution is 2.47. The minimum Gasteiger partial charge on any atom is -0.383 e. The number of halogens is 3. The summed E-state index contributed by atoms with van der Waals surface area (Å²) in [5.74, 6) is 0. The number of nitrogens with one attached hydrogen (secondary N) is 2. The molecule has 4 rings (SSSR count). The monoisotopic (exact) mass is 474 g/mol. The van der Waals surface area contributed by atoms with Crippen LogP contribution in [0.4, 0.5) is 24.0 Å². The van der Waals surface area contributed by atoms with E-state index in [0.717, 1.165) is 43.7 Å². The minimum atomic E-state index is -4.70. The molecule has 0 saturated carbocycles. The lowest BCUT2D eigenvalue weighted by molar-refractivity contribution is -0.137. The van der Waals surface area contributed by atoms with Gasteiger partial charge < -0.3 is 5.32 Å². The quantitative estimate of drug-likeness (QED) is 0.638. The molecule has 170 valence electrons. The minimum absolute atomic E-state index is 0.0973. The predicted octanol–water partition coefficient (Wildman–Crippen LogP) is 4.64. The van der Waals surface area contributed by atoms with Crippen LogP contribution in [0.25, 0.3) is 0 Å². The molecule has 2 fully saturated rings. The molecule has 0 spiro atoms. The summed E-state index contributed by atoms with van der Waals surface area (Å²) in [7, 11) is -4.18. The Morgan fingerprint density at radius 2 is 2.06 bits per heavy atom. The van der Waals surface area contributed by atoms with Crippen molar-refractivity contribution in [3.05, 3.63) is 35.3 Å². The van der Waals surface area contributed by atoms with Crippen molar-refractivity contribution in [2.24, 2.45) is 5.41 Å². The van der Waals surface area contributed by atoms with E-state index in [2.05, 4.69) is 33.8 Å². The molecule has 1 atom stereocenters. The van der Waals surface area contributed by atoms with Crippen LogP contribution in [-0.4, -0.2) is 43.5 Å². The zero-order valence-electron chi connectivity index (χ0n) is 17.3. The van der Waals surface area contributed by atoms with Crippen LogP contribution in [0.5, 0.6) is 0 Å². The largest absolute Gasteiger partial charge is 0.418 e. The maximum absolute atomic E-state index is 13.8.